The van der Waals surface area contributed by atoms with Crippen molar-refractivity contribution in [2.24, 2.45) is 0 Å². The van der Waals surface area contributed by atoms with Gasteiger partial charge in [-0.15, -0.1) is 0 Å². The largest absolute Gasteiger partial charge is 0.489 e. The first-order chi connectivity index (χ1) is 20.1. The highest BCUT2D eigenvalue weighted by Gasteiger charge is 2.47. The van der Waals surface area contributed by atoms with Gasteiger partial charge in [0, 0.05) is 42.7 Å². The molecular formula is C29H27F2N7O4. The van der Waals surface area contributed by atoms with E-state index in [0.29, 0.717) is 41.0 Å². The topological polar surface area (TPSA) is 129 Å². The monoisotopic (exact) mass is 575 g/mol. The number of nitrogens with zero attached hydrogens (tertiary/aromatic N) is 7. The number of rotatable bonds is 8. The van der Waals surface area contributed by atoms with Crippen molar-refractivity contribution in [3.8, 4) is 28.8 Å². The van der Waals surface area contributed by atoms with Crippen LogP contribution in [-0.4, -0.2) is 79.5 Å². The fourth-order valence-electron chi connectivity index (χ4n) is 5.42. The third-order valence-electron chi connectivity index (χ3n) is 7.30. The molecule has 3 aliphatic heterocycles. The number of carbonyl (C=O) groups excluding carboxylic acids is 1. The molecule has 11 nitrogen and oxygen atoms in total. The number of nitriles is 1. The van der Waals surface area contributed by atoms with Crippen molar-refractivity contribution in [3.63, 3.8) is 0 Å². The van der Waals surface area contributed by atoms with Gasteiger partial charge in [0.1, 0.15) is 24.2 Å². The van der Waals surface area contributed by atoms with Crippen LogP contribution in [0.25, 0.3) is 16.6 Å². The fraction of sp³-hybridized carbons (Fsp3) is 0.345. The Labute approximate surface area is 239 Å². The Morgan fingerprint density at radius 3 is 2.57 bits per heavy atom. The lowest BCUT2D eigenvalue weighted by Crippen LogP contribution is -2.70. The van der Waals surface area contributed by atoms with Gasteiger partial charge in [0.2, 0.25) is 5.88 Å². The van der Waals surface area contributed by atoms with Crippen molar-refractivity contribution in [1.29, 1.82) is 5.26 Å². The van der Waals surface area contributed by atoms with Gasteiger partial charge in [-0.3, -0.25) is 4.79 Å². The molecule has 0 aliphatic carbocycles. The fourth-order valence-corrected chi connectivity index (χ4v) is 5.42. The van der Waals surface area contributed by atoms with Crippen LogP contribution in [-0.2, 0) is 0 Å². The van der Waals surface area contributed by atoms with Gasteiger partial charge >= 0.3 is 6.61 Å². The summed E-state index contributed by atoms with van der Waals surface area (Å²) in [5, 5.41) is 24.0. The molecule has 2 atom stereocenters. The van der Waals surface area contributed by atoms with E-state index < -0.39 is 12.2 Å². The summed E-state index contributed by atoms with van der Waals surface area (Å²) in [4.78, 5) is 25.5. The highest BCUT2D eigenvalue weighted by Crippen LogP contribution is 2.36. The number of halogens is 2. The number of aliphatic hydroxyl groups is 1. The van der Waals surface area contributed by atoms with E-state index in [1.54, 1.807) is 36.8 Å². The number of amides is 1. The number of fused-ring (bicyclic) bond motifs is 3. The number of hydrogen-bond donors (Lipinski definition) is 1. The highest BCUT2D eigenvalue weighted by molar-refractivity contribution is 5.95. The second-order valence-corrected chi connectivity index (χ2v) is 11.0. The first-order valence-corrected chi connectivity index (χ1v) is 13.3. The number of aromatic nitrogens is 4. The highest BCUT2D eigenvalue weighted by atomic mass is 19.3. The van der Waals surface area contributed by atoms with E-state index in [2.05, 4.69) is 25.8 Å². The summed E-state index contributed by atoms with van der Waals surface area (Å²) >= 11 is 0. The first kappa shape index (κ1) is 27.3. The molecule has 2 unspecified atom stereocenters. The number of alkyl halides is 2. The first-order valence-electron chi connectivity index (χ1n) is 13.3. The Bertz CT molecular complexity index is 1650. The second-order valence-electron chi connectivity index (χ2n) is 11.0. The Kier molecular flexibility index (Phi) is 6.86. The quantitative estimate of drug-likeness (QED) is 0.336. The zero-order chi connectivity index (χ0) is 29.6. The third kappa shape index (κ3) is 5.28. The van der Waals surface area contributed by atoms with Crippen molar-refractivity contribution >= 4 is 17.2 Å². The lowest BCUT2D eigenvalue weighted by Gasteiger charge is -2.56. The van der Waals surface area contributed by atoms with Gasteiger partial charge in [-0.1, -0.05) is 0 Å². The summed E-state index contributed by atoms with van der Waals surface area (Å²) in [7, 11) is 0. The normalized spacial score (nSPS) is 18.1. The van der Waals surface area contributed by atoms with Gasteiger partial charge in [0.05, 0.1) is 46.7 Å². The average Bonchev–Trinajstić information content (AvgIpc) is 3.38. The molecule has 42 heavy (non-hydrogen) atoms. The van der Waals surface area contributed by atoms with Crippen molar-refractivity contribution in [2.45, 2.75) is 44.6 Å². The number of anilines is 1. The molecule has 13 heteroatoms. The molecule has 1 amide bonds. The number of carbonyl (C=O) groups is 1. The van der Waals surface area contributed by atoms with Crippen LogP contribution in [0.15, 0.2) is 55.1 Å². The number of hydrogen-bond acceptors (Lipinski definition) is 9. The van der Waals surface area contributed by atoms with E-state index in [9.17, 15) is 23.9 Å². The Morgan fingerprint density at radius 1 is 1.17 bits per heavy atom. The Balaban J connectivity index is 1.18. The van der Waals surface area contributed by atoms with Crippen molar-refractivity contribution in [3.05, 3.63) is 66.2 Å². The maximum absolute atomic E-state index is 13.1. The van der Waals surface area contributed by atoms with Crippen LogP contribution >= 0.6 is 0 Å². The van der Waals surface area contributed by atoms with Gasteiger partial charge in [-0.05, 0) is 44.5 Å². The lowest BCUT2D eigenvalue weighted by atomic mass is 9.86. The molecule has 0 spiro atoms. The summed E-state index contributed by atoms with van der Waals surface area (Å²) in [6.45, 7) is 1.60. The zero-order valence-corrected chi connectivity index (χ0v) is 22.8. The maximum atomic E-state index is 13.1. The van der Waals surface area contributed by atoms with Crippen molar-refractivity contribution < 1.29 is 28.2 Å². The summed E-state index contributed by atoms with van der Waals surface area (Å²) in [5.74, 6) is 0.816. The SMILES string of the molecule is CC(C)(O)COc1cc(-c2ccc(N3CC4CC(C3)N4C(=O)c3ccc(OC(F)F)nc3)nc2)c2c(C#N)cnn2c1. The number of piperazine rings is 1. The minimum Gasteiger partial charge on any atom is -0.489 e. The van der Waals surface area contributed by atoms with Crippen LogP contribution in [0, 0.1) is 11.3 Å². The van der Waals surface area contributed by atoms with Gasteiger partial charge < -0.3 is 24.4 Å². The molecule has 3 aliphatic rings. The van der Waals surface area contributed by atoms with Gasteiger partial charge in [-0.25, -0.2) is 14.5 Å². The summed E-state index contributed by atoms with van der Waals surface area (Å²) < 4.78 is 36.4. The predicted octanol–water partition coefficient (Wildman–Crippen LogP) is 3.52. The van der Waals surface area contributed by atoms with E-state index in [-0.39, 0.29) is 30.5 Å². The average molecular weight is 576 g/mol. The molecule has 216 valence electrons. The van der Waals surface area contributed by atoms with Crippen molar-refractivity contribution in [2.75, 3.05) is 24.6 Å². The standard InChI is InChI=1S/C29H27F2N7O4/c1-29(2,40)16-41-22-8-23(26-19(9-32)12-35-37(26)15-22)17-3-5-24(33-10-17)36-13-20-7-21(14-36)38(20)27(39)18-4-6-25(34-11-18)42-28(30)31/h3-6,8,10-12,15,20-21,28,40H,7,13-14,16H2,1-2H3. The van der Waals surface area contributed by atoms with Crippen molar-refractivity contribution in [1.82, 2.24) is 24.5 Å². The summed E-state index contributed by atoms with van der Waals surface area (Å²) in [5.41, 5.74) is 1.81. The molecule has 7 heterocycles. The van der Waals surface area contributed by atoms with Crippen LogP contribution in [0.2, 0.25) is 0 Å². The molecular weight excluding hydrogens is 548 g/mol. The predicted molar refractivity (Wildman–Crippen MR) is 146 cm³/mol. The number of pyridine rings is 3. The smallest absolute Gasteiger partial charge is 0.388 e. The minimum absolute atomic E-state index is 0.0103. The zero-order valence-electron chi connectivity index (χ0n) is 22.8. The van der Waals surface area contributed by atoms with Gasteiger partial charge in [0.15, 0.2) is 0 Å². The lowest BCUT2D eigenvalue weighted by molar-refractivity contribution is -0.0528. The molecule has 3 saturated heterocycles. The van der Waals surface area contributed by atoms with Crippen LogP contribution < -0.4 is 14.4 Å². The van der Waals surface area contributed by atoms with Gasteiger partial charge in [0.25, 0.3) is 5.91 Å². The maximum Gasteiger partial charge on any atom is 0.388 e. The number of piperidine rings is 1. The van der Waals surface area contributed by atoms with E-state index in [1.165, 1.54) is 24.5 Å². The van der Waals surface area contributed by atoms with Crippen LogP contribution in [0.4, 0.5) is 14.6 Å². The van der Waals surface area contributed by atoms with Gasteiger partial charge in [-0.2, -0.15) is 19.1 Å². The molecule has 0 aromatic carbocycles. The van der Waals surface area contributed by atoms with E-state index in [4.69, 9.17) is 9.72 Å². The summed E-state index contributed by atoms with van der Waals surface area (Å²) in [6.07, 6.45) is 7.02. The molecule has 1 N–H and O–H groups in total. The second kappa shape index (κ2) is 10.5. The Morgan fingerprint density at radius 2 is 1.95 bits per heavy atom. The molecule has 4 aromatic rings. The van der Waals surface area contributed by atoms with Crippen LogP contribution in [0.1, 0.15) is 36.2 Å². The van der Waals surface area contributed by atoms with Crippen LogP contribution in [0.5, 0.6) is 11.6 Å². The van der Waals surface area contributed by atoms with E-state index >= 15 is 0 Å². The summed E-state index contributed by atoms with van der Waals surface area (Å²) in [6, 6.07) is 10.5. The molecule has 2 bridgehead atoms. The molecule has 3 fully saturated rings. The Hall–Kier alpha value is -4.83. The molecule has 4 aromatic heterocycles. The molecule has 0 saturated carbocycles. The van der Waals surface area contributed by atoms with E-state index in [0.717, 1.165) is 17.8 Å². The number of ether oxygens (including phenoxy) is 2. The molecule has 7 rings (SSSR count). The van der Waals surface area contributed by atoms with Crippen LogP contribution in [0.3, 0.4) is 0 Å². The molecule has 0 radical (unpaired) electrons. The van der Waals surface area contributed by atoms with E-state index in [1.807, 2.05) is 17.0 Å². The third-order valence-corrected chi connectivity index (χ3v) is 7.30. The minimum atomic E-state index is -2.98.